The van der Waals surface area contributed by atoms with Gasteiger partial charge in [-0.05, 0) is 19.1 Å². The number of imide groups is 1. The lowest BCUT2D eigenvalue weighted by molar-refractivity contribution is -0.172. The zero-order chi connectivity index (χ0) is 13.3. The highest BCUT2D eigenvalue weighted by molar-refractivity contribution is 6.03. The minimum absolute atomic E-state index is 0.000838. The first-order valence-corrected chi connectivity index (χ1v) is 5.30. The van der Waals surface area contributed by atoms with Crippen LogP contribution in [0.15, 0.2) is 12.1 Å². The molecule has 0 atom stereocenters. The van der Waals surface area contributed by atoms with Gasteiger partial charge in [0.1, 0.15) is 11.4 Å². The second-order valence-electron chi connectivity index (χ2n) is 3.85. The number of anilines is 1. The van der Waals surface area contributed by atoms with Crippen LogP contribution in [-0.4, -0.2) is 27.8 Å². The summed E-state index contributed by atoms with van der Waals surface area (Å²) in [5.74, 6) is -1.94. The van der Waals surface area contributed by atoms with Gasteiger partial charge >= 0.3 is 5.97 Å². The van der Waals surface area contributed by atoms with Crippen molar-refractivity contribution in [2.75, 3.05) is 5.73 Å². The smallest absolute Gasteiger partial charge is 0.367 e. The lowest BCUT2D eigenvalue weighted by atomic mass is 10.2. The number of rotatable bonds is 2. The molecule has 0 saturated carbocycles. The lowest BCUT2D eigenvalue weighted by Gasteiger charge is -2.13. The number of nitrogens with zero attached hydrogens (tertiary/aromatic N) is 2. The second kappa shape index (κ2) is 4.44. The molecule has 2 amide bonds. The number of aryl methyl sites for hydroxylation is 1. The molecule has 2 heterocycles. The molecular formula is C11H11N3O4. The number of hydroxylamine groups is 2. The van der Waals surface area contributed by atoms with E-state index >= 15 is 0 Å². The van der Waals surface area contributed by atoms with Gasteiger partial charge in [-0.25, -0.2) is 9.78 Å². The molecule has 0 radical (unpaired) electrons. The Kier molecular flexibility index (Phi) is 2.97. The van der Waals surface area contributed by atoms with Crippen molar-refractivity contribution >= 4 is 23.6 Å². The summed E-state index contributed by atoms with van der Waals surface area (Å²) >= 11 is 0. The molecule has 1 aromatic rings. The van der Waals surface area contributed by atoms with E-state index < -0.39 is 17.8 Å². The molecule has 2 N–H and O–H groups in total. The fraction of sp³-hybridized carbons (Fsp3) is 0.273. The van der Waals surface area contributed by atoms with Crippen molar-refractivity contribution in [3.63, 3.8) is 0 Å². The molecule has 0 bridgehead atoms. The molecule has 1 aromatic heterocycles. The topological polar surface area (TPSA) is 103 Å². The summed E-state index contributed by atoms with van der Waals surface area (Å²) in [6.45, 7) is 1.72. The van der Waals surface area contributed by atoms with Crippen molar-refractivity contribution in [2.24, 2.45) is 0 Å². The van der Waals surface area contributed by atoms with Crippen LogP contribution < -0.4 is 5.73 Å². The number of hydrogen-bond acceptors (Lipinski definition) is 6. The van der Waals surface area contributed by atoms with E-state index in [-0.39, 0.29) is 24.2 Å². The number of aromatic nitrogens is 1. The summed E-state index contributed by atoms with van der Waals surface area (Å²) in [6, 6.07) is 3.02. The van der Waals surface area contributed by atoms with E-state index in [1.807, 2.05) is 0 Å². The first kappa shape index (κ1) is 12.0. The number of carbonyl (C=O) groups excluding carboxylic acids is 3. The van der Waals surface area contributed by atoms with Crippen LogP contribution in [0.25, 0.3) is 0 Å². The Morgan fingerprint density at radius 2 is 1.94 bits per heavy atom. The standard InChI is InChI=1S/C11H11N3O4/c1-6-2-3-7(10(12)13-6)11(17)18-14-8(15)4-5-9(14)16/h2-3H,4-5H2,1H3,(H2,12,13). The Bertz CT molecular complexity index is 525. The average molecular weight is 249 g/mol. The van der Waals surface area contributed by atoms with Crippen molar-refractivity contribution in [2.45, 2.75) is 19.8 Å². The van der Waals surface area contributed by atoms with Crippen molar-refractivity contribution in [1.29, 1.82) is 0 Å². The summed E-state index contributed by atoms with van der Waals surface area (Å²) < 4.78 is 0. The van der Waals surface area contributed by atoms with Gasteiger partial charge < -0.3 is 10.6 Å². The molecule has 0 aliphatic carbocycles. The largest absolute Gasteiger partial charge is 0.383 e. The highest BCUT2D eigenvalue weighted by Gasteiger charge is 2.33. The van der Waals surface area contributed by atoms with Crippen LogP contribution in [0.4, 0.5) is 5.82 Å². The van der Waals surface area contributed by atoms with Crippen LogP contribution in [-0.2, 0) is 14.4 Å². The Morgan fingerprint density at radius 1 is 1.33 bits per heavy atom. The fourth-order valence-corrected chi connectivity index (χ4v) is 1.54. The second-order valence-corrected chi connectivity index (χ2v) is 3.85. The van der Waals surface area contributed by atoms with E-state index in [0.29, 0.717) is 10.8 Å². The minimum Gasteiger partial charge on any atom is -0.383 e. The van der Waals surface area contributed by atoms with Gasteiger partial charge in [0, 0.05) is 18.5 Å². The van der Waals surface area contributed by atoms with E-state index in [1.165, 1.54) is 6.07 Å². The maximum Gasteiger partial charge on any atom is 0.367 e. The van der Waals surface area contributed by atoms with Crippen LogP contribution >= 0.6 is 0 Å². The normalized spacial score (nSPS) is 15.1. The molecular weight excluding hydrogens is 238 g/mol. The van der Waals surface area contributed by atoms with Crippen molar-refractivity contribution < 1.29 is 19.2 Å². The maximum atomic E-state index is 11.7. The maximum absolute atomic E-state index is 11.7. The molecule has 1 saturated heterocycles. The number of nitrogens with two attached hydrogens (primary N) is 1. The van der Waals surface area contributed by atoms with Gasteiger partial charge in [0.25, 0.3) is 11.8 Å². The third-order valence-corrected chi connectivity index (χ3v) is 2.46. The monoisotopic (exact) mass is 249 g/mol. The summed E-state index contributed by atoms with van der Waals surface area (Å²) in [4.78, 5) is 42.9. The van der Waals surface area contributed by atoms with Gasteiger partial charge in [0.15, 0.2) is 0 Å². The quantitative estimate of drug-likeness (QED) is 0.750. The Labute approximate surface area is 102 Å². The Hall–Kier alpha value is -2.44. The number of pyridine rings is 1. The fourth-order valence-electron chi connectivity index (χ4n) is 1.54. The minimum atomic E-state index is -0.872. The van der Waals surface area contributed by atoms with E-state index in [1.54, 1.807) is 13.0 Å². The summed E-state index contributed by atoms with van der Waals surface area (Å²) in [5, 5.41) is 0.474. The number of amides is 2. The van der Waals surface area contributed by atoms with Gasteiger partial charge in [-0.3, -0.25) is 9.59 Å². The average Bonchev–Trinajstić information content (AvgIpc) is 2.60. The molecule has 7 nitrogen and oxygen atoms in total. The van der Waals surface area contributed by atoms with Crippen molar-refractivity contribution in [3.8, 4) is 0 Å². The van der Waals surface area contributed by atoms with Crippen LogP contribution in [0.2, 0.25) is 0 Å². The van der Waals surface area contributed by atoms with Crippen molar-refractivity contribution in [1.82, 2.24) is 10.0 Å². The van der Waals surface area contributed by atoms with Gasteiger partial charge in [0.05, 0.1) is 0 Å². The first-order valence-electron chi connectivity index (χ1n) is 5.30. The van der Waals surface area contributed by atoms with Gasteiger partial charge in [-0.1, -0.05) is 0 Å². The van der Waals surface area contributed by atoms with E-state index in [0.717, 1.165) is 0 Å². The summed E-state index contributed by atoms with van der Waals surface area (Å²) in [5.41, 5.74) is 6.24. The van der Waals surface area contributed by atoms with E-state index in [2.05, 4.69) is 4.98 Å². The Balaban J connectivity index is 2.17. The number of nitrogen functional groups attached to an aromatic ring is 1. The summed E-state index contributed by atoms with van der Waals surface area (Å²) in [7, 11) is 0. The molecule has 2 rings (SSSR count). The predicted molar refractivity (Wildman–Crippen MR) is 59.9 cm³/mol. The zero-order valence-electron chi connectivity index (χ0n) is 9.67. The van der Waals surface area contributed by atoms with Crippen LogP contribution in [0.1, 0.15) is 28.9 Å². The van der Waals surface area contributed by atoms with Gasteiger partial charge in [0.2, 0.25) is 0 Å². The van der Waals surface area contributed by atoms with Crippen LogP contribution in [0.5, 0.6) is 0 Å². The molecule has 1 aliphatic heterocycles. The zero-order valence-corrected chi connectivity index (χ0v) is 9.67. The highest BCUT2D eigenvalue weighted by atomic mass is 16.7. The molecule has 0 unspecified atom stereocenters. The molecule has 1 aliphatic rings. The van der Waals surface area contributed by atoms with Crippen LogP contribution in [0, 0.1) is 6.92 Å². The van der Waals surface area contributed by atoms with Crippen molar-refractivity contribution in [3.05, 3.63) is 23.4 Å². The van der Waals surface area contributed by atoms with Gasteiger partial charge in [-0.15, -0.1) is 5.06 Å². The third-order valence-electron chi connectivity index (χ3n) is 2.46. The Morgan fingerprint density at radius 3 is 2.50 bits per heavy atom. The third kappa shape index (κ3) is 2.15. The molecule has 7 heteroatoms. The lowest BCUT2D eigenvalue weighted by Crippen LogP contribution is -2.32. The van der Waals surface area contributed by atoms with E-state index in [9.17, 15) is 14.4 Å². The molecule has 1 fully saturated rings. The molecule has 94 valence electrons. The van der Waals surface area contributed by atoms with Crippen LogP contribution in [0.3, 0.4) is 0 Å². The van der Waals surface area contributed by atoms with Gasteiger partial charge in [-0.2, -0.15) is 0 Å². The highest BCUT2D eigenvalue weighted by Crippen LogP contribution is 2.16. The SMILES string of the molecule is Cc1ccc(C(=O)ON2C(=O)CCC2=O)c(N)n1. The van der Waals surface area contributed by atoms with E-state index in [4.69, 9.17) is 10.6 Å². The molecule has 18 heavy (non-hydrogen) atoms. The first-order chi connectivity index (χ1) is 8.49. The number of carbonyl (C=O) groups is 3. The molecule has 0 spiro atoms. The summed E-state index contributed by atoms with van der Waals surface area (Å²) in [6.07, 6.45) is 0.0987. The molecule has 0 aromatic carbocycles. The number of hydrogen-bond donors (Lipinski definition) is 1. The predicted octanol–water partition coefficient (Wildman–Crippen LogP) is 0.193.